The second-order valence-corrected chi connectivity index (χ2v) is 8.21. The fraction of sp³-hybridized carbons (Fsp3) is 0.615. The molecule has 0 aliphatic carbocycles. The molecule has 19 heavy (non-hydrogen) atoms. The molecule has 1 aromatic heterocycles. The lowest BCUT2D eigenvalue weighted by atomic mass is 10.1. The van der Waals surface area contributed by atoms with E-state index in [2.05, 4.69) is 11.4 Å². The van der Waals surface area contributed by atoms with Crippen molar-refractivity contribution in [3.05, 3.63) is 22.4 Å². The van der Waals surface area contributed by atoms with E-state index in [0.717, 1.165) is 19.3 Å². The maximum atomic E-state index is 11.7. The molecule has 1 aliphatic rings. The Kier molecular flexibility index (Phi) is 4.99. The minimum atomic E-state index is -2.95. The molecular weight excluding hydrogens is 282 g/mol. The number of thiophene rings is 1. The van der Waals surface area contributed by atoms with Gasteiger partial charge in [-0.1, -0.05) is 6.07 Å². The van der Waals surface area contributed by atoms with Gasteiger partial charge in [-0.2, -0.15) is 0 Å². The molecule has 0 aromatic carbocycles. The Morgan fingerprint density at radius 3 is 3.00 bits per heavy atom. The Labute approximate surface area is 118 Å². The van der Waals surface area contributed by atoms with Crippen LogP contribution in [-0.4, -0.2) is 31.9 Å². The highest BCUT2D eigenvalue weighted by Gasteiger charge is 2.25. The summed E-state index contributed by atoms with van der Waals surface area (Å²) in [6.45, 7) is 0. The predicted molar refractivity (Wildman–Crippen MR) is 77.1 cm³/mol. The number of hydrogen-bond donors (Lipinski definition) is 1. The Bertz CT molecular complexity index is 508. The quantitative estimate of drug-likeness (QED) is 0.901. The van der Waals surface area contributed by atoms with Crippen LogP contribution >= 0.6 is 11.3 Å². The van der Waals surface area contributed by atoms with Gasteiger partial charge < -0.3 is 5.32 Å². The molecular formula is C13H19NO3S2. The lowest BCUT2D eigenvalue weighted by Crippen LogP contribution is -2.43. The third-order valence-electron chi connectivity index (χ3n) is 3.24. The summed E-state index contributed by atoms with van der Waals surface area (Å²) in [5, 5.41) is 4.87. The van der Waals surface area contributed by atoms with Gasteiger partial charge in [0, 0.05) is 17.3 Å². The summed E-state index contributed by atoms with van der Waals surface area (Å²) in [6, 6.07) is 3.89. The van der Waals surface area contributed by atoms with Crippen molar-refractivity contribution in [2.24, 2.45) is 0 Å². The molecule has 1 aliphatic heterocycles. The minimum Gasteiger partial charge on any atom is -0.352 e. The summed E-state index contributed by atoms with van der Waals surface area (Å²) < 4.78 is 22.9. The first-order valence-electron chi connectivity index (χ1n) is 6.57. The van der Waals surface area contributed by atoms with Crippen LogP contribution in [0.1, 0.15) is 30.6 Å². The summed E-state index contributed by atoms with van der Waals surface area (Å²) in [4.78, 5) is 13.0. The van der Waals surface area contributed by atoms with E-state index >= 15 is 0 Å². The van der Waals surface area contributed by atoms with Gasteiger partial charge in [0.2, 0.25) is 5.91 Å². The molecule has 1 aromatic rings. The molecule has 4 nitrogen and oxygen atoms in total. The molecule has 1 saturated heterocycles. The molecule has 1 unspecified atom stereocenters. The zero-order chi connectivity index (χ0) is 13.7. The van der Waals surface area contributed by atoms with Gasteiger partial charge in [0.15, 0.2) is 9.84 Å². The van der Waals surface area contributed by atoms with Crippen molar-refractivity contribution in [3.8, 4) is 0 Å². The van der Waals surface area contributed by atoms with E-state index in [0.29, 0.717) is 12.8 Å². The van der Waals surface area contributed by atoms with E-state index in [1.165, 1.54) is 4.88 Å². The number of carbonyl (C=O) groups is 1. The van der Waals surface area contributed by atoms with E-state index in [1.807, 2.05) is 11.4 Å². The standard InChI is InChI=1S/C13H19NO3S2/c15-13(7-1-5-12-6-2-8-18-12)14-11-4-3-9-19(16,17)10-11/h2,6,8,11H,1,3-5,7,9-10H2,(H,14,15). The van der Waals surface area contributed by atoms with Crippen LogP contribution < -0.4 is 5.32 Å². The van der Waals surface area contributed by atoms with Crippen molar-refractivity contribution in [1.29, 1.82) is 0 Å². The number of rotatable bonds is 5. The molecule has 0 radical (unpaired) electrons. The largest absolute Gasteiger partial charge is 0.352 e. The fourth-order valence-corrected chi connectivity index (χ4v) is 4.70. The smallest absolute Gasteiger partial charge is 0.220 e. The molecule has 1 fully saturated rings. The number of amides is 1. The van der Waals surface area contributed by atoms with Gasteiger partial charge in [-0.3, -0.25) is 4.79 Å². The van der Waals surface area contributed by atoms with Gasteiger partial charge in [-0.15, -0.1) is 11.3 Å². The lowest BCUT2D eigenvalue weighted by molar-refractivity contribution is -0.121. The van der Waals surface area contributed by atoms with Crippen molar-refractivity contribution in [2.75, 3.05) is 11.5 Å². The Balaban J connectivity index is 1.69. The van der Waals surface area contributed by atoms with Crippen molar-refractivity contribution in [3.63, 3.8) is 0 Å². The van der Waals surface area contributed by atoms with Gasteiger partial charge >= 0.3 is 0 Å². The van der Waals surface area contributed by atoms with Crippen LogP contribution in [0.2, 0.25) is 0 Å². The highest BCUT2D eigenvalue weighted by atomic mass is 32.2. The van der Waals surface area contributed by atoms with Crippen LogP contribution in [0.15, 0.2) is 17.5 Å². The van der Waals surface area contributed by atoms with Gasteiger partial charge in [-0.05, 0) is 37.1 Å². The molecule has 1 N–H and O–H groups in total. The minimum absolute atomic E-state index is 0.0290. The number of nitrogens with one attached hydrogen (secondary N) is 1. The molecule has 106 valence electrons. The Morgan fingerprint density at radius 1 is 1.47 bits per heavy atom. The normalized spacial score (nSPS) is 22.0. The topological polar surface area (TPSA) is 63.2 Å². The van der Waals surface area contributed by atoms with E-state index in [4.69, 9.17) is 0 Å². The van der Waals surface area contributed by atoms with Crippen LogP contribution in [0, 0.1) is 0 Å². The zero-order valence-corrected chi connectivity index (χ0v) is 12.4. The first-order chi connectivity index (χ1) is 9.05. The Morgan fingerprint density at radius 2 is 2.32 bits per heavy atom. The molecule has 1 atom stereocenters. The predicted octanol–water partition coefficient (Wildman–Crippen LogP) is 1.76. The van der Waals surface area contributed by atoms with Crippen molar-refractivity contribution >= 4 is 27.1 Å². The van der Waals surface area contributed by atoms with Crippen LogP contribution in [0.5, 0.6) is 0 Å². The third-order valence-corrected chi connectivity index (χ3v) is 5.99. The summed E-state index contributed by atoms with van der Waals surface area (Å²) in [5.74, 6) is 0.333. The summed E-state index contributed by atoms with van der Waals surface area (Å²) in [5.41, 5.74) is 0. The number of aryl methyl sites for hydroxylation is 1. The first-order valence-corrected chi connectivity index (χ1v) is 9.27. The van der Waals surface area contributed by atoms with Crippen molar-refractivity contribution in [1.82, 2.24) is 5.32 Å². The highest BCUT2D eigenvalue weighted by Crippen LogP contribution is 2.14. The Hall–Kier alpha value is -0.880. The monoisotopic (exact) mass is 301 g/mol. The molecule has 2 heterocycles. The van der Waals surface area contributed by atoms with Crippen LogP contribution in [-0.2, 0) is 21.1 Å². The van der Waals surface area contributed by atoms with Gasteiger partial charge in [-0.25, -0.2) is 8.42 Å². The number of carbonyl (C=O) groups excluding carboxylic acids is 1. The summed E-state index contributed by atoms with van der Waals surface area (Å²) >= 11 is 1.70. The van der Waals surface area contributed by atoms with E-state index in [-0.39, 0.29) is 23.5 Å². The average molecular weight is 301 g/mol. The highest BCUT2D eigenvalue weighted by molar-refractivity contribution is 7.91. The van der Waals surface area contributed by atoms with Crippen LogP contribution in [0.4, 0.5) is 0 Å². The second kappa shape index (κ2) is 6.52. The maximum Gasteiger partial charge on any atom is 0.220 e. The van der Waals surface area contributed by atoms with Gasteiger partial charge in [0.05, 0.1) is 11.5 Å². The average Bonchev–Trinajstić information content (AvgIpc) is 2.80. The van der Waals surface area contributed by atoms with E-state index in [9.17, 15) is 13.2 Å². The molecule has 6 heteroatoms. The van der Waals surface area contributed by atoms with Gasteiger partial charge in [0.25, 0.3) is 0 Å². The van der Waals surface area contributed by atoms with Crippen molar-refractivity contribution < 1.29 is 13.2 Å². The van der Waals surface area contributed by atoms with E-state index in [1.54, 1.807) is 11.3 Å². The number of hydrogen-bond acceptors (Lipinski definition) is 4. The van der Waals surface area contributed by atoms with Crippen molar-refractivity contribution in [2.45, 2.75) is 38.1 Å². The lowest BCUT2D eigenvalue weighted by Gasteiger charge is -2.22. The van der Waals surface area contributed by atoms with E-state index < -0.39 is 9.84 Å². The molecule has 0 saturated carbocycles. The summed E-state index contributed by atoms with van der Waals surface area (Å²) in [7, 11) is -2.95. The molecule has 0 bridgehead atoms. The molecule has 0 spiro atoms. The van der Waals surface area contributed by atoms with Crippen LogP contribution in [0.3, 0.4) is 0 Å². The summed E-state index contributed by atoms with van der Waals surface area (Å²) in [6.07, 6.45) is 3.62. The van der Waals surface area contributed by atoms with Crippen LogP contribution in [0.25, 0.3) is 0 Å². The van der Waals surface area contributed by atoms with Gasteiger partial charge in [0.1, 0.15) is 0 Å². The maximum absolute atomic E-state index is 11.7. The zero-order valence-electron chi connectivity index (χ0n) is 10.8. The first kappa shape index (κ1) is 14.5. The number of sulfone groups is 1. The SMILES string of the molecule is O=C(CCCc1cccs1)NC1CCCS(=O)(=O)C1. The third kappa shape index (κ3) is 4.95. The molecule has 1 amide bonds. The molecule has 2 rings (SSSR count). The fourth-order valence-electron chi connectivity index (χ4n) is 2.31. The second-order valence-electron chi connectivity index (χ2n) is 4.95.